The summed E-state index contributed by atoms with van der Waals surface area (Å²) in [5, 5.41) is 25.8. The number of nitrogens with zero attached hydrogens (tertiary/aromatic N) is 4. The van der Waals surface area contributed by atoms with Crippen LogP contribution in [0.4, 0.5) is 0 Å². The van der Waals surface area contributed by atoms with E-state index in [1.54, 1.807) is 25.3 Å². The van der Waals surface area contributed by atoms with E-state index in [0.717, 1.165) is 0 Å². The van der Waals surface area contributed by atoms with Gasteiger partial charge in [0.15, 0.2) is 29.6 Å². The van der Waals surface area contributed by atoms with Crippen LogP contribution in [-0.4, -0.2) is 203 Å². The van der Waals surface area contributed by atoms with Gasteiger partial charge < -0.3 is 104 Å². The highest BCUT2D eigenvalue weighted by atomic mass is 32.2. The van der Waals surface area contributed by atoms with Gasteiger partial charge in [0.2, 0.25) is 59.1 Å². The first-order valence-corrected chi connectivity index (χ1v) is 29.4. The Hall–Kier alpha value is -9.02. The minimum absolute atomic E-state index is 0.00147. The Bertz CT molecular complexity index is 2560. The van der Waals surface area contributed by atoms with Crippen molar-refractivity contribution >= 4 is 100 Å². The Morgan fingerprint density at radius 1 is 0.506 bits per heavy atom. The number of amides is 10. The molecule has 0 radical (unpaired) electrons. The van der Waals surface area contributed by atoms with Crippen LogP contribution in [-0.2, 0) is 59.1 Å². The van der Waals surface area contributed by atoms with Crippen LogP contribution in [0.1, 0.15) is 94.5 Å². The summed E-state index contributed by atoms with van der Waals surface area (Å²) in [6, 6.07) is -2.39. The van der Waals surface area contributed by atoms with Crippen LogP contribution in [0.3, 0.4) is 0 Å². The van der Waals surface area contributed by atoms with Gasteiger partial charge in [-0.2, -0.15) is 11.8 Å². The molecule has 26 N–H and O–H groups in total. The number of carbonyl (C=O) groups excluding carboxylic acids is 11. The Balaban J connectivity index is 3.43. The van der Waals surface area contributed by atoms with Crippen molar-refractivity contribution in [1.82, 2.24) is 53.2 Å². The lowest BCUT2D eigenvalue weighted by Crippen LogP contribution is -2.59. The van der Waals surface area contributed by atoms with Crippen LogP contribution in [0.2, 0.25) is 0 Å². The molecule has 0 fully saturated rings. The summed E-state index contributed by atoms with van der Waals surface area (Å²) >= 11 is 1.33. The molecule has 0 bridgehead atoms. The maximum atomic E-state index is 14.5. The second-order valence-electron chi connectivity index (χ2n) is 19.5. The molecule has 87 heavy (non-hydrogen) atoms. The molecular formula is C52H90N22O12S. The van der Waals surface area contributed by atoms with Gasteiger partial charge in [0.25, 0.3) is 0 Å². The van der Waals surface area contributed by atoms with Crippen molar-refractivity contribution in [3.63, 3.8) is 0 Å². The first-order valence-electron chi connectivity index (χ1n) is 28.0. The van der Waals surface area contributed by atoms with Crippen LogP contribution >= 0.6 is 11.8 Å². The molecule has 10 amide bonds. The predicted octanol–water partition coefficient (Wildman–Crippen LogP) is -7.17. The highest BCUT2D eigenvalue weighted by Crippen LogP contribution is 2.12. The maximum absolute atomic E-state index is 14.5. The molecule has 7 atom stereocenters. The number of ketones is 1. The first-order chi connectivity index (χ1) is 41.2. The summed E-state index contributed by atoms with van der Waals surface area (Å²) in [4.78, 5) is 161. The number of likely N-dealkylation sites (N-methyl/N-ethyl adjacent to an activating group) is 1. The van der Waals surface area contributed by atoms with Crippen LogP contribution in [0.5, 0.6) is 0 Å². The normalized spacial score (nSPS) is 13.0. The molecule has 486 valence electrons. The summed E-state index contributed by atoms with van der Waals surface area (Å²) in [7, 11) is 1.37. The molecule has 0 heterocycles. The van der Waals surface area contributed by atoms with E-state index >= 15 is 0 Å². The van der Waals surface area contributed by atoms with Gasteiger partial charge in [0.05, 0.1) is 13.2 Å². The second-order valence-corrected chi connectivity index (χ2v) is 20.4. The molecule has 0 spiro atoms. The lowest BCUT2D eigenvalue weighted by atomic mass is 10.0. The van der Waals surface area contributed by atoms with Gasteiger partial charge in [-0.25, -0.2) is 0 Å². The average Bonchev–Trinajstić information content (AvgIpc) is 3.66. The van der Waals surface area contributed by atoms with Crippen LogP contribution in [0.25, 0.3) is 0 Å². The van der Waals surface area contributed by atoms with Crippen molar-refractivity contribution in [1.29, 1.82) is 0 Å². The van der Waals surface area contributed by atoms with Gasteiger partial charge >= 0.3 is 0 Å². The number of nitrogens with two attached hydrogens (primary N) is 8. The molecular weight excluding hydrogens is 1160 g/mol. The lowest BCUT2D eigenvalue weighted by molar-refractivity contribution is -0.135. The molecule has 35 heteroatoms. The summed E-state index contributed by atoms with van der Waals surface area (Å²) in [6.07, 6.45) is 2.21. The fraction of sp³-hybridized carbons (Fsp3) is 0.596. The van der Waals surface area contributed by atoms with Gasteiger partial charge in [0, 0.05) is 63.9 Å². The Labute approximate surface area is 509 Å². The number of guanidine groups is 4. The highest BCUT2D eigenvalue weighted by Gasteiger charge is 2.33. The smallest absolute Gasteiger partial charge is 0.246 e. The number of carbonyl (C=O) groups is 11. The van der Waals surface area contributed by atoms with E-state index in [-0.39, 0.29) is 145 Å². The summed E-state index contributed by atoms with van der Waals surface area (Å²) < 4.78 is 5.48. The SMILES string of the molecule is CCC(=O)N[C@@H](CSC)C(=O)N[C@@H](C)C(=O)NCC(=O)NCCOCC(=O)N[C@@H](Cc1ccc(C(C)=O)cc1)C(=O)N[C@H](CCCN=C(N)N)C(=O)N[C@H](CCCN=C(N)N)C(=O)N[C@H](CCCN=C(N)N)C(=O)N[C@H](CCCN=C(N)N)C(=O)NC. The predicted molar refractivity (Wildman–Crippen MR) is 329 cm³/mol. The molecule has 34 nitrogen and oxygen atoms in total. The Kier molecular flexibility index (Phi) is 37.3. The molecule has 1 aromatic carbocycles. The molecule has 0 saturated carbocycles. The van der Waals surface area contributed by atoms with E-state index in [1.165, 1.54) is 44.8 Å². The van der Waals surface area contributed by atoms with E-state index in [9.17, 15) is 52.7 Å². The van der Waals surface area contributed by atoms with Gasteiger partial charge in [-0.3, -0.25) is 72.7 Å². The standard InChI is InChI=1S/C52H90N22O12S/c1-6-39(76)70-38(28-87-5)48(85)68-29(2)42(79)67-26-40(77)62-23-24-86-27-41(78)69-37(25-31-15-17-32(18-16-31)30(3)75)47(84)74-36(14-10-22-66-52(59)60)46(83)73-35(13-9-21-65-51(57)58)45(82)72-34(12-8-20-64-50(55)56)44(81)71-33(43(80)61-4)11-7-19-63-49(53)54/h15-18,29,33-38H,6-14,19-28H2,1-5H3,(H,61,80)(H,62,77)(H,67,79)(H,68,85)(H,69,78)(H,70,76)(H,71,81)(H,72,82)(H,73,83)(H,74,84)(H4,53,54,63)(H4,55,56,64)(H4,57,58,65)(H4,59,60,66)/t29-,33+,34+,35+,36+,37-,38-/m0/s1. The van der Waals surface area contributed by atoms with Crippen LogP contribution < -0.4 is 99.0 Å². The summed E-state index contributed by atoms with van der Waals surface area (Å²) in [5.41, 5.74) is 44.9. The van der Waals surface area contributed by atoms with Crippen LogP contribution in [0, 0.1) is 0 Å². The zero-order valence-corrected chi connectivity index (χ0v) is 50.8. The van der Waals surface area contributed by atoms with Gasteiger partial charge in [-0.05, 0) is 77.0 Å². The van der Waals surface area contributed by atoms with E-state index < -0.39 is 109 Å². The van der Waals surface area contributed by atoms with E-state index in [2.05, 4.69) is 73.1 Å². The number of aliphatic imine (C=N–C) groups is 4. The minimum Gasteiger partial charge on any atom is -0.370 e. The number of Topliss-reactive ketones (excluding diaryl/α,β-unsaturated/α-hetero) is 1. The molecule has 0 aliphatic rings. The quantitative estimate of drug-likeness (QED) is 0.0125. The van der Waals surface area contributed by atoms with Crippen LogP contribution in [0.15, 0.2) is 44.2 Å². The Morgan fingerprint density at radius 3 is 1.30 bits per heavy atom. The number of hydrogen-bond acceptors (Lipinski definition) is 17. The number of benzene rings is 1. The third-order valence-corrected chi connectivity index (χ3v) is 13.0. The van der Waals surface area contributed by atoms with Gasteiger partial charge in [0.1, 0.15) is 48.9 Å². The number of ether oxygens (including phenoxy) is 1. The molecule has 0 saturated heterocycles. The third kappa shape index (κ3) is 33.9. The van der Waals surface area contributed by atoms with E-state index in [4.69, 9.17) is 50.6 Å². The number of hydrogen-bond donors (Lipinski definition) is 18. The van der Waals surface area contributed by atoms with Crippen molar-refractivity contribution in [2.24, 2.45) is 65.8 Å². The average molecular weight is 1250 g/mol. The number of thioether (sulfide) groups is 1. The third-order valence-electron chi connectivity index (χ3n) is 12.3. The van der Waals surface area contributed by atoms with E-state index in [1.807, 2.05) is 0 Å². The molecule has 0 unspecified atom stereocenters. The molecule has 0 aliphatic carbocycles. The minimum atomic E-state index is -1.44. The topological polar surface area (TPSA) is 575 Å². The van der Waals surface area contributed by atoms with Crippen molar-refractivity contribution in [3.05, 3.63) is 35.4 Å². The molecule has 0 aromatic heterocycles. The summed E-state index contributed by atoms with van der Waals surface area (Å²) in [5.74, 6) is -7.79. The van der Waals surface area contributed by atoms with Crippen molar-refractivity contribution in [2.75, 3.05) is 71.5 Å². The Morgan fingerprint density at radius 2 is 0.908 bits per heavy atom. The molecule has 1 aromatic rings. The molecule has 1 rings (SSSR count). The number of nitrogens with one attached hydrogen (secondary N) is 10. The fourth-order valence-corrected chi connectivity index (χ4v) is 8.31. The first kappa shape index (κ1) is 76.0. The lowest BCUT2D eigenvalue weighted by Gasteiger charge is -2.27. The monoisotopic (exact) mass is 1250 g/mol. The van der Waals surface area contributed by atoms with Gasteiger partial charge in [-0.1, -0.05) is 31.2 Å². The second kappa shape index (κ2) is 42.7. The maximum Gasteiger partial charge on any atom is 0.246 e. The van der Waals surface area contributed by atoms with E-state index in [0.29, 0.717) is 11.1 Å². The van der Waals surface area contributed by atoms with Crippen molar-refractivity contribution in [2.45, 2.75) is 127 Å². The largest absolute Gasteiger partial charge is 0.370 e. The zero-order chi connectivity index (χ0) is 65.4. The number of rotatable bonds is 43. The van der Waals surface area contributed by atoms with Crippen molar-refractivity contribution < 1.29 is 57.5 Å². The van der Waals surface area contributed by atoms with Gasteiger partial charge in [-0.15, -0.1) is 0 Å². The summed E-state index contributed by atoms with van der Waals surface area (Å²) in [6.45, 7) is 3.21. The highest BCUT2D eigenvalue weighted by molar-refractivity contribution is 7.98. The zero-order valence-electron chi connectivity index (χ0n) is 50.0. The fourth-order valence-electron chi connectivity index (χ4n) is 7.75. The van der Waals surface area contributed by atoms with Crippen molar-refractivity contribution in [3.8, 4) is 0 Å². The molecule has 0 aliphatic heterocycles.